The first-order chi connectivity index (χ1) is 11.1. The predicted molar refractivity (Wildman–Crippen MR) is 90.9 cm³/mol. The molecule has 0 aromatic heterocycles. The average Bonchev–Trinajstić information content (AvgIpc) is 2.56. The quantitative estimate of drug-likeness (QED) is 0.722. The first-order valence-corrected chi connectivity index (χ1v) is 7.80. The number of nitrogens with one attached hydrogen (secondary N) is 1. The van der Waals surface area contributed by atoms with Gasteiger partial charge in [0.25, 0.3) is 0 Å². The van der Waals surface area contributed by atoms with Crippen LogP contribution in [-0.4, -0.2) is 25.0 Å². The monoisotopic (exact) mass is 313 g/mol. The van der Waals surface area contributed by atoms with Crippen LogP contribution < -0.4 is 14.8 Å². The Morgan fingerprint density at radius 1 is 1.09 bits per heavy atom. The average molecular weight is 313 g/mol. The molecule has 1 atom stereocenters. The Morgan fingerprint density at radius 3 is 2.57 bits per heavy atom. The highest BCUT2D eigenvalue weighted by atomic mass is 16.5. The molecular weight excluding hydrogens is 290 g/mol. The van der Waals surface area contributed by atoms with Crippen LogP contribution in [0.2, 0.25) is 0 Å². The summed E-state index contributed by atoms with van der Waals surface area (Å²) in [6.45, 7) is 5.38. The van der Waals surface area contributed by atoms with Gasteiger partial charge in [0.05, 0.1) is 0 Å². The first kappa shape index (κ1) is 17.0. The molecule has 0 spiro atoms. The standard InChI is InChI=1S/C19H23NO3/c1-15(21)16(2)23-19-10-6-7-17(13-19)14-20-11-12-22-18-8-4-3-5-9-18/h3-10,13,16,20H,11-12,14H2,1-2H3. The molecule has 0 aliphatic carbocycles. The molecule has 23 heavy (non-hydrogen) atoms. The molecule has 2 rings (SSSR count). The maximum atomic E-state index is 11.2. The Balaban J connectivity index is 1.72. The second-order valence-electron chi connectivity index (χ2n) is 5.36. The number of benzene rings is 2. The molecule has 0 saturated heterocycles. The topological polar surface area (TPSA) is 47.6 Å². The van der Waals surface area contributed by atoms with Crippen molar-refractivity contribution in [1.29, 1.82) is 0 Å². The van der Waals surface area contributed by atoms with Gasteiger partial charge in [0, 0.05) is 13.1 Å². The van der Waals surface area contributed by atoms with Crippen LogP contribution >= 0.6 is 0 Å². The predicted octanol–water partition coefficient (Wildman–Crippen LogP) is 3.21. The van der Waals surface area contributed by atoms with Crippen LogP contribution in [0.1, 0.15) is 19.4 Å². The lowest BCUT2D eigenvalue weighted by molar-refractivity contribution is -0.122. The summed E-state index contributed by atoms with van der Waals surface area (Å²) in [4.78, 5) is 11.2. The van der Waals surface area contributed by atoms with E-state index in [2.05, 4.69) is 5.32 Å². The minimum absolute atomic E-state index is 0.0200. The SMILES string of the molecule is CC(=O)C(C)Oc1cccc(CNCCOc2ccccc2)c1. The molecule has 0 bridgehead atoms. The Hall–Kier alpha value is -2.33. The zero-order valence-corrected chi connectivity index (χ0v) is 13.6. The highest BCUT2D eigenvalue weighted by Crippen LogP contribution is 2.15. The van der Waals surface area contributed by atoms with Crippen molar-refractivity contribution in [2.75, 3.05) is 13.2 Å². The number of hydrogen-bond acceptors (Lipinski definition) is 4. The summed E-state index contributed by atoms with van der Waals surface area (Å²) >= 11 is 0. The molecule has 2 aromatic rings. The Kier molecular flexibility index (Phi) is 6.63. The largest absolute Gasteiger partial charge is 0.492 e. The van der Waals surface area contributed by atoms with Gasteiger partial charge in [-0.15, -0.1) is 0 Å². The Bertz CT molecular complexity index is 613. The number of para-hydroxylation sites is 1. The van der Waals surface area contributed by atoms with Crippen LogP contribution in [0.15, 0.2) is 54.6 Å². The third kappa shape index (κ3) is 6.12. The smallest absolute Gasteiger partial charge is 0.169 e. The molecule has 0 amide bonds. The lowest BCUT2D eigenvalue weighted by Crippen LogP contribution is -2.21. The van der Waals surface area contributed by atoms with Crippen LogP contribution in [0.4, 0.5) is 0 Å². The summed E-state index contributed by atoms with van der Waals surface area (Å²) in [5.41, 5.74) is 1.11. The number of ketones is 1. The second kappa shape index (κ2) is 8.96. The lowest BCUT2D eigenvalue weighted by atomic mass is 10.2. The number of hydrogen-bond donors (Lipinski definition) is 1. The lowest BCUT2D eigenvalue weighted by Gasteiger charge is -2.13. The number of Topliss-reactive ketones (excluding diaryl/α,β-unsaturated/α-hetero) is 1. The molecule has 0 radical (unpaired) electrons. The van der Waals surface area contributed by atoms with Gasteiger partial charge < -0.3 is 14.8 Å². The Labute approximate surface area is 137 Å². The fraction of sp³-hybridized carbons (Fsp3) is 0.316. The van der Waals surface area contributed by atoms with E-state index in [1.54, 1.807) is 6.92 Å². The molecule has 122 valence electrons. The molecule has 0 aliphatic heterocycles. The maximum absolute atomic E-state index is 11.2. The molecular formula is C19H23NO3. The summed E-state index contributed by atoms with van der Waals surface area (Å²) in [6.07, 6.45) is -0.419. The van der Waals surface area contributed by atoms with Crippen molar-refractivity contribution in [1.82, 2.24) is 5.32 Å². The summed E-state index contributed by atoms with van der Waals surface area (Å²) in [7, 11) is 0. The summed E-state index contributed by atoms with van der Waals surface area (Å²) in [5.74, 6) is 1.61. The van der Waals surface area contributed by atoms with E-state index in [1.807, 2.05) is 54.6 Å². The number of carbonyl (C=O) groups is 1. The van der Waals surface area contributed by atoms with Crippen molar-refractivity contribution >= 4 is 5.78 Å². The third-order valence-corrected chi connectivity index (χ3v) is 3.40. The molecule has 4 heteroatoms. The third-order valence-electron chi connectivity index (χ3n) is 3.40. The molecule has 4 nitrogen and oxygen atoms in total. The van der Waals surface area contributed by atoms with Crippen molar-refractivity contribution < 1.29 is 14.3 Å². The molecule has 1 unspecified atom stereocenters. The van der Waals surface area contributed by atoms with Gasteiger partial charge >= 0.3 is 0 Å². The van der Waals surface area contributed by atoms with E-state index in [0.717, 1.165) is 24.4 Å². The van der Waals surface area contributed by atoms with Crippen molar-refractivity contribution in [3.63, 3.8) is 0 Å². The van der Waals surface area contributed by atoms with Gasteiger partial charge in [0.15, 0.2) is 11.9 Å². The Morgan fingerprint density at radius 2 is 1.83 bits per heavy atom. The van der Waals surface area contributed by atoms with Crippen molar-refractivity contribution in [2.24, 2.45) is 0 Å². The van der Waals surface area contributed by atoms with Crippen LogP contribution in [-0.2, 0) is 11.3 Å². The fourth-order valence-corrected chi connectivity index (χ4v) is 2.01. The van der Waals surface area contributed by atoms with Gasteiger partial charge in [-0.2, -0.15) is 0 Å². The molecule has 0 aliphatic rings. The minimum Gasteiger partial charge on any atom is -0.492 e. The van der Waals surface area contributed by atoms with Crippen LogP contribution in [0, 0.1) is 0 Å². The zero-order chi connectivity index (χ0) is 16.5. The highest BCUT2D eigenvalue weighted by molar-refractivity contribution is 5.80. The van der Waals surface area contributed by atoms with Crippen LogP contribution in [0.5, 0.6) is 11.5 Å². The summed E-state index contributed by atoms with van der Waals surface area (Å²) in [5, 5.41) is 3.33. The molecule has 0 heterocycles. The zero-order valence-electron chi connectivity index (χ0n) is 13.6. The summed E-state index contributed by atoms with van der Waals surface area (Å²) in [6, 6.07) is 17.5. The second-order valence-corrected chi connectivity index (χ2v) is 5.36. The van der Waals surface area contributed by atoms with Gasteiger partial charge in [-0.05, 0) is 43.7 Å². The molecule has 2 aromatic carbocycles. The van der Waals surface area contributed by atoms with Crippen molar-refractivity contribution in [3.05, 3.63) is 60.2 Å². The van der Waals surface area contributed by atoms with Crippen molar-refractivity contribution in [2.45, 2.75) is 26.5 Å². The van der Waals surface area contributed by atoms with E-state index in [-0.39, 0.29) is 5.78 Å². The number of ether oxygens (including phenoxy) is 2. The molecule has 1 N–H and O–H groups in total. The number of carbonyl (C=O) groups excluding carboxylic acids is 1. The molecule has 0 saturated carbocycles. The van der Waals surface area contributed by atoms with Crippen LogP contribution in [0.3, 0.4) is 0 Å². The minimum atomic E-state index is -0.419. The fourth-order valence-electron chi connectivity index (χ4n) is 2.01. The number of rotatable bonds is 9. The molecule has 0 fully saturated rings. The van der Waals surface area contributed by atoms with E-state index < -0.39 is 6.10 Å². The van der Waals surface area contributed by atoms with E-state index in [0.29, 0.717) is 12.4 Å². The van der Waals surface area contributed by atoms with E-state index >= 15 is 0 Å². The highest BCUT2D eigenvalue weighted by Gasteiger charge is 2.09. The van der Waals surface area contributed by atoms with Gasteiger partial charge in [-0.25, -0.2) is 0 Å². The van der Waals surface area contributed by atoms with E-state index in [9.17, 15) is 4.79 Å². The summed E-state index contributed by atoms with van der Waals surface area (Å²) < 4.78 is 11.2. The van der Waals surface area contributed by atoms with Crippen LogP contribution in [0.25, 0.3) is 0 Å². The van der Waals surface area contributed by atoms with E-state index in [1.165, 1.54) is 6.92 Å². The normalized spacial score (nSPS) is 11.7. The van der Waals surface area contributed by atoms with Gasteiger partial charge in [-0.3, -0.25) is 4.79 Å². The van der Waals surface area contributed by atoms with Gasteiger partial charge in [-0.1, -0.05) is 30.3 Å². The van der Waals surface area contributed by atoms with Gasteiger partial charge in [0.1, 0.15) is 18.1 Å². The maximum Gasteiger partial charge on any atom is 0.169 e. The van der Waals surface area contributed by atoms with E-state index in [4.69, 9.17) is 9.47 Å². The van der Waals surface area contributed by atoms with Crippen molar-refractivity contribution in [3.8, 4) is 11.5 Å². The first-order valence-electron chi connectivity index (χ1n) is 7.80. The van der Waals surface area contributed by atoms with Gasteiger partial charge in [0.2, 0.25) is 0 Å².